The molecular weight excluding hydrogens is 521 g/mol. The topological polar surface area (TPSA) is 78.4 Å². The predicted molar refractivity (Wildman–Crippen MR) is 138 cm³/mol. The highest BCUT2D eigenvalue weighted by atomic mass is 127. The molecule has 0 saturated heterocycles. The Bertz CT molecular complexity index is 1040. The number of guanidine groups is 1. The number of benzene rings is 2. The molecule has 1 aliphatic rings. The first-order valence-corrected chi connectivity index (χ1v) is 11.0. The van der Waals surface area contributed by atoms with Crippen molar-refractivity contribution in [3.63, 3.8) is 0 Å². The van der Waals surface area contributed by atoms with Crippen LogP contribution in [-0.4, -0.2) is 29.9 Å². The lowest BCUT2D eigenvalue weighted by molar-refractivity contribution is -0.116. The summed E-state index contributed by atoms with van der Waals surface area (Å²) < 4.78 is 0. The lowest BCUT2D eigenvalue weighted by Crippen LogP contribution is -2.40. The van der Waals surface area contributed by atoms with E-state index in [0.29, 0.717) is 19.5 Å². The van der Waals surface area contributed by atoms with Crippen molar-refractivity contribution in [2.75, 3.05) is 18.4 Å². The highest BCUT2D eigenvalue weighted by Gasteiger charge is 2.24. The van der Waals surface area contributed by atoms with Crippen LogP contribution in [0.5, 0.6) is 0 Å². The summed E-state index contributed by atoms with van der Waals surface area (Å²) in [5, 5.41) is 12.7. The monoisotopic (exact) mass is 547 g/mol. The maximum atomic E-state index is 12.0. The number of aliphatic imine (C=N–C) groups is 1. The zero-order valence-corrected chi connectivity index (χ0v) is 20.4. The van der Waals surface area contributed by atoms with Gasteiger partial charge in [0, 0.05) is 42.1 Å². The molecule has 4 rings (SSSR count). The summed E-state index contributed by atoms with van der Waals surface area (Å²) >= 11 is 1.63. The summed E-state index contributed by atoms with van der Waals surface area (Å²) in [5.74, 6) is 0.899. The van der Waals surface area contributed by atoms with Gasteiger partial charge < -0.3 is 16.0 Å². The van der Waals surface area contributed by atoms with E-state index in [1.54, 1.807) is 11.3 Å². The number of halogens is 1. The van der Waals surface area contributed by atoms with Gasteiger partial charge in [-0.05, 0) is 18.6 Å². The average molecular weight is 547 g/mol. The average Bonchev–Trinajstić information content (AvgIpc) is 3.25. The van der Waals surface area contributed by atoms with Crippen molar-refractivity contribution >= 4 is 52.9 Å². The van der Waals surface area contributed by atoms with E-state index in [1.807, 2.05) is 43.3 Å². The Hall–Kier alpha value is -2.46. The molecule has 1 aliphatic heterocycles. The minimum atomic E-state index is 0. The molecule has 31 heavy (non-hydrogen) atoms. The van der Waals surface area contributed by atoms with E-state index in [-0.39, 0.29) is 35.8 Å². The Kier molecular flexibility index (Phi) is 8.42. The van der Waals surface area contributed by atoms with Crippen LogP contribution in [0.2, 0.25) is 0 Å². The molecule has 0 bridgehead atoms. The van der Waals surface area contributed by atoms with Crippen molar-refractivity contribution in [3.8, 4) is 10.6 Å². The van der Waals surface area contributed by atoms with E-state index in [2.05, 4.69) is 44.5 Å². The third-order valence-electron chi connectivity index (χ3n) is 4.94. The van der Waals surface area contributed by atoms with Crippen LogP contribution in [0.1, 0.15) is 30.5 Å². The molecule has 6 nitrogen and oxygen atoms in total. The fourth-order valence-electron chi connectivity index (χ4n) is 3.50. The van der Waals surface area contributed by atoms with Gasteiger partial charge in [-0.15, -0.1) is 35.3 Å². The van der Waals surface area contributed by atoms with Gasteiger partial charge in [0.05, 0.1) is 12.2 Å². The van der Waals surface area contributed by atoms with Gasteiger partial charge >= 0.3 is 0 Å². The number of aromatic nitrogens is 1. The maximum absolute atomic E-state index is 12.0. The van der Waals surface area contributed by atoms with E-state index in [9.17, 15) is 4.79 Å². The molecule has 1 aromatic heterocycles. The number of amides is 1. The summed E-state index contributed by atoms with van der Waals surface area (Å²) in [4.78, 5) is 21.4. The van der Waals surface area contributed by atoms with Crippen LogP contribution >= 0.6 is 35.3 Å². The van der Waals surface area contributed by atoms with E-state index >= 15 is 0 Å². The fraction of sp³-hybridized carbons (Fsp3) is 0.261. The molecule has 3 aromatic rings. The molecule has 0 saturated carbocycles. The van der Waals surface area contributed by atoms with Crippen LogP contribution in [0.3, 0.4) is 0 Å². The van der Waals surface area contributed by atoms with Crippen molar-refractivity contribution < 1.29 is 4.79 Å². The molecule has 1 atom stereocenters. The number of thiazole rings is 1. The number of nitrogens with one attached hydrogen (secondary N) is 3. The molecule has 0 fully saturated rings. The van der Waals surface area contributed by atoms with Crippen LogP contribution in [0.25, 0.3) is 10.6 Å². The van der Waals surface area contributed by atoms with Crippen LogP contribution in [0.4, 0.5) is 5.69 Å². The highest BCUT2D eigenvalue weighted by Crippen LogP contribution is 2.31. The number of fused-ring (bicyclic) bond motifs is 1. The molecule has 0 radical (unpaired) electrons. The summed E-state index contributed by atoms with van der Waals surface area (Å²) in [6, 6.07) is 18.1. The summed E-state index contributed by atoms with van der Waals surface area (Å²) in [6.07, 6.45) is 0.468. The first-order chi connectivity index (χ1) is 14.7. The Balaban J connectivity index is 0.00000272. The first-order valence-electron chi connectivity index (χ1n) is 10.1. The number of nitrogens with zero attached hydrogens (tertiary/aromatic N) is 2. The van der Waals surface area contributed by atoms with E-state index in [0.717, 1.165) is 40.0 Å². The maximum Gasteiger partial charge on any atom is 0.225 e. The number of para-hydroxylation sites is 1. The smallest absolute Gasteiger partial charge is 0.225 e. The Labute approximate surface area is 203 Å². The van der Waals surface area contributed by atoms with Gasteiger partial charge in [0.1, 0.15) is 5.01 Å². The number of rotatable bonds is 6. The number of carbonyl (C=O) groups is 1. The summed E-state index contributed by atoms with van der Waals surface area (Å²) in [6.45, 7) is 3.94. The van der Waals surface area contributed by atoms with E-state index < -0.39 is 0 Å². The van der Waals surface area contributed by atoms with E-state index in [4.69, 9.17) is 4.98 Å². The second-order valence-corrected chi connectivity index (χ2v) is 7.98. The molecule has 162 valence electrons. The standard InChI is InChI=1S/C23H25N5OS.HI/c1-2-24-23(25-13-17-12-21(29)28-20-11-7-6-10-19(17)20)26-14-18-15-30-22(27-18)16-8-4-3-5-9-16;/h3-11,15,17H,2,12-14H2,1H3,(H,28,29)(H2,24,25,26);1H. The number of hydrogen-bond acceptors (Lipinski definition) is 4. The van der Waals surface area contributed by atoms with Gasteiger partial charge in [-0.3, -0.25) is 4.79 Å². The van der Waals surface area contributed by atoms with Gasteiger partial charge in [-0.25, -0.2) is 9.98 Å². The SMILES string of the molecule is CCNC(=NCc1csc(-c2ccccc2)n1)NCC1CC(=O)Nc2ccccc21.I. The second kappa shape index (κ2) is 11.2. The van der Waals surface area contributed by atoms with Crippen molar-refractivity contribution in [2.24, 2.45) is 4.99 Å². The third-order valence-corrected chi connectivity index (χ3v) is 5.88. The molecule has 2 aromatic carbocycles. The minimum Gasteiger partial charge on any atom is -0.357 e. The molecule has 1 amide bonds. The molecule has 8 heteroatoms. The fourth-order valence-corrected chi connectivity index (χ4v) is 4.32. The van der Waals surface area contributed by atoms with Crippen LogP contribution < -0.4 is 16.0 Å². The van der Waals surface area contributed by atoms with Crippen LogP contribution in [-0.2, 0) is 11.3 Å². The Morgan fingerprint density at radius 1 is 1.16 bits per heavy atom. The quantitative estimate of drug-likeness (QED) is 0.239. The molecule has 2 heterocycles. The molecular formula is C23H26IN5OS. The van der Waals surface area contributed by atoms with Gasteiger partial charge in [0.15, 0.2) is 5.96 Å². The number of carbonyl (C=O) groups excluding carboxylic acids is 1. The van der Waals surface area contributed by atoms with Crippen molar-refractivity contribution in [1.82, 2.24) is 15.6 Å². The predicted octanol–water partition coefficient (Wildman–Crippen LogP) is 4.61. The summed E-state index contributed by atoms with van der Waals surface area (Å²) in [5.41, 5.74) is 4.13. The van der Waals surface area contributed by atoms with Crippen molar-refractivity contribution in [2.45, 2.75) is 25.8 Å². The molecule has 1 unspecified atom stereocenters. The Morgan fingerprint density at radius 3 is 2.74 bits per heavy atom. The Morgan fingerprint density at radius 2 is 1.94 bits per heavy atom. The largest absolute Gasteiger partial charge is 0.357 e. The zero-order chi connectivity index (χ0) is 20.8. The normalized spacial score (nSPS) is 15.5. The zero-order valence-electron chi connectivity index (χ0n) is 17.3. The third kappa shape index (κ3) is 6.04. The lowest BCUT2D eigenvalue weighted by Gasteiger charge is -2.26. The first kappa shape index (κ1) is 23.2. The molecule has 0 spiro atoms. The van der Waals surface area contributed by atoms with Gasteiger partial charge in [-0.2, -0.15) is 0 Å². The van der Waals surface area contributed by atoms with Crippen LogP contribution in [0, 0.1) is 0 Å². The van der Waals surface area contributed by atoms with E-state index in [1.165, 1.54) is 0 Å². The van der Waals surface area contributed by atoms with Gasteiger partial charge in [-0.1, -0.05) is 48.5 Å². The van der Waals surface area contributed by atoms with Gasteiger partial charge in [0.25, 0.3) is 0 Å². The molecule has 0 aliphatic carbocycles. The van der Waals surface area contributed by atoms with Crippen molar-refractivity contribution in [1.29, 1.82) is 0 Å². The summed E-state index contributed by atoms with van der Waals surface area (Å²) in [7, 11) is 0. The van der Waals surface area contributed by atoms with Crippen molar-refractivity contribution in [3.05, 3.63) is 71.2 Å². The number of anilines is 1. The highest BCUT2D eigenvalue weighted by molar-refractivity contribution is 14.0. The van der Waals surface area contributed by atoms with Gasteiger partial charge in [0.2, 0.25) is 5.91 Å². The second-order valence-electron chi connectivity index (χ2n) is 7.12. The minimum absolute atomic E-state index is 0. The lowest BCUT2D eigenvalue weighted by atomic mass is 9.90. The number of hydrogen-bond donors (Lipinski definition) is 3. The van der Waals surface area contributed by atoms with Crippen LogP contribution in [0.15, 0.2) is 65.0 Å². The molecule has 3 N–H and O–H groups in total.